The molecule has 4 rings (SSSR count). The maximum absolute atomic E-state index is 15.1. The number of carbonyl (C=O) groups excluding carboxylic acids is 3. The van der Waals surface area contributed by atoms with Gasteiger partial charge in [-0.15, -0.1) is 0 Å². The molecule has 2 aromatic rings. The third-order valence-corrected chi connectivity index (χ3v) is 6.56. The van der Waals surface area contributed by atoms with Crippen molar-refractivity contribution in [2.75, 3.05) is 48.4 Å². The Kier molecular flexibility index (Phi) is 7.47. The molecule has 2 heterocycles. The van der Waals surface area contributed by atoms with E-state index in [1.807, 2.05) is 4.90 Å². The van der Waals surface area contributed by atoms with Crippen LogP contribution in [0.15, 0.2) is 42.5 Å². The molecule has 0 spiro atoms. The number of hydrogen-bond acceptors (Lipinski definition) is 8. The minimum atomic E-state index is -0.831. The molecule has 2 aliphatic rings. The fourth-order valence-corrected chi connectivity index (χ4v) is 4.49. The number of amides is 2. The molecular formula is C26H28FN5O5. The number of benzene rings is 2. The molecule has 0 bridgehead atoms. The van der Waals surface area contributed by atoms with Crippen LogP contribution in [0.3, 0.4) is 0 Å². The SMILES string of the molecule is COC(=O)c1ccc(NC2(C#N)CCN(c3ccc(N4CC(CNC(C)=O)OC4=O)cc3F)CC2)cc1. The molecule has 2 saturated heterocycles. The first kappa shape index (κ1) is 25.8. The molecule has 11 heteroatoms. The van der Waals surface area contributed by atoms with Gasteiger partial charge in [0.2, 0.25) is 5.91 Å². The van der Waals surface area contributed by atoms with Crippen LogP contribution in [0.5, 0.6) is 0 Å². The first-order valence-corrected chi connectivity index (χ1v) is 11.9. The fourth-order valence-electron chi connectivity index (χ4n) is 4.49. The molecule has 2 aliphatic heterocycles. The van der Waals surface area contributed by atoms with Crippen molar-refractivity contribution in [3.63, 3.8) is 0 Å². The molecule has 1 unspecified atom stereocenters. The van der Waals surface area contributed by atoms with Gasteiger partial charge in [0.15, 0.2) is 0 Å². The molecule has 1 atom stereocenters. The molecule has 0 aliphatic carbocycles. The van der Waals surface area contributed by atoms with Gasteiger partial charge >= 0.3 is 12.1 Å². The van der Waals surface area contributed by atoms with Gasteiger partial charge < -0.3 is 25.0 Å². The Morgan fingerprint density at radius 1 is 1.22 bits per heavy atom. The average Bonchev–Trinajstić information content (AvgIpc) is 3.28. The van der Waals surface area contributed by atoms with E-state index in [1.54, 1.807) is 36.4 Å². The molecule has 0 aromatic heterocycles. The van der Waals surface area contributed by atoms with Crippen molar-refractivity contribution in [2.24, 2.45) is 0 Å². The third kappa shape index (κ3) is 5.74. The molecule has 194 valence electrons. The van der Waals surface area contributed by atoms with E-state index in [4.69, 9.17) is 9.47 Å². The summed E-state index contributed by atoms with van der Waals surface area (Å²) in [7, 11) is 1.31. The van der Waals surface area contributed by atoms with Gasteiger partial charge in [0.1, 0.15) is 17.5 Å². The molecule has 2 amide bonds. The second-order valence-electron chi connectivity index (χ2n) is 9.06. The second-order valence-corrected chi connectivity index (χ2v) is 9.06. The summed E-state index contributed by atoms with van der Waals surface area (Å²) in [4.78, 5) is 38.2. The Morgan fingerprint density at radius 3 is 2.51 bits per heavy atom. The van der Waals surface area contributed by atoms with Crippen LogP contribution < -0.4 is 20.4 Å². The number of esters is 1. The number of methoxy groups -OCH3 is 1. The van der Waals surface area contributed by atoms with Crippen LogP contribution in [0.25, 0.3) is 0 Å². The number of nitriles is 1. The lowest BCUT2D eigenvalue weighted by Crippen LogP contribution is -2.48. The monoisotopic (exact) mass is 509 g/mol. The van der Waals surface area contributed by atoms with E-state index in [0.717, 1.165) is 0 Å². The van der Waals surface area contributed by atoms with Crippen LogP contribution in [0.1, 0.15) is 30.1 Å². The van der Waals surface area contributed by atoms with Crippen molar-refractivity contribution in [3.05, 3.63) is 53.8 Å². The van der Waals surface area contributed by atoms with Crippen LogP contribution in [0.2, 0.25) is 0 Å². The number of rotatable bonds is 7. The summed E-state index contributed by atoms with van der Waals surface area (Å²) in [5, 5.41) is 15.8. The van der Waals surface area contributed by atoms with Crippen molar-refractivity contribution < 1.29 is 28.2 Å². The summed E-state index contributed by atoms with van der Waals surface area (Å²) in [5.41, 5.74) is 1.05. The molecule has 0 radical (unpaired) electrons. The molecule has 0 saturated carbocycles. The zero-order chi connectivity index (χ0) is 26.6. The summed E-state index contributed by atoms with van der Waals surface area (Å²) in [6, 6.07) is 13.6. The topological polar surface area (TPSA) is 124 Å². The fraction of sp³-hybridized carbons (Fsp3) is 0.385. The highest BCUT2D eigenvalue weighted by atomic mass is 19.1. The van der Waals surface area contributed by atoms with Crippen molar-refractivity contribution in [2.45, 2.75) is 31.4 Å². The summed E-state index contributed by atoms with van der Waals surface area (Å²) in [6.45, 7) is 2.67. The quantitative estimate of drug-likeness (QED) is 0.546. The predicted molar refractivity (Wildman–Crippen MR) is 134 cm³/mol. The van der Waals surface area contributed by atoms with E-state index in [-0.39, 0.29) is 19.0 Å². The molecular weight excluding hydrogens is 481 g/mol. The third-order valence-electron chi connectivity index (χ3n) is 6.56. The minimum Gasteiger partial charge on any atom is -0.465 e. The van der Waals surface area contributed by atoms with Crippen molar-refractivity contribution >= 4 is 35.0 Å². The van der Waals surface area contributed by atoms with Crippen molar-refractivity contribution in [1.29, 1.82) is 5.26 Å². The van der Waals surface area contributed by atoms with E-state index >= 15 is 4.39 Å². The lowest BCUT2D eigenvalue weighted by atomic mass is 9.88. The highest BCUT2D eigenvalue weighted by molar-refractivity contribution is 5.90. The predicted octanol–water partition coefficient (Wildman–Crippen LogP) is 3.05. The summed E-state index contributed by atoms with van der Waals surface area (Å²) in [6.07, 6.45) is -0.200. The molecule has 2 fully saturated rings. The highest BCUT2D eigenvalue weighted by Gasteiger charge is 2.36. The van der Waals surface area contributed by atoms with Crippen molar-refractivity contribution in [1.82, 2.24) is 5.32 Å². The van der Waals surface area contributed by atoms with Crippen molar-refractivity contribution in [3.8, 4) is 6.07 Å². The summed E-state index contributed by atoms with van der Waals surface area (Å²) < 4.78 is 25.1. The van der Waals surface area contributed by atoms with Crippen LogP contribution in [0.4, 0.5) is 26.2 Å². The number of nitrogens with one attached hydrogen (secondary N) is 2. The van der Waals surface area contributed by atoms with E-state index in [9.17, 15) is 19.6 Å². The van der Waals surface area contributed by atoms with Crippen LogP contribution in [0, 0.1) is 17.1 Å². The number of halogens is 1. The summed E-state index contributed by atoms with van der Waals surface area (Å²) in [5.74, 6) is -1.14. The number of ether oxygens (including phenoxy) is 2. The van der Waals surface area contributed by atoms with E-state index in [0.29, 0.717) is 48.6 Å². The largest absolute Gasteiger partial charge is 0.465 e. The Hall–Kier alpha value is -4.33. The van der Waals surface area contributed by atoms with Gasteiger partial charge in [0, 0.05) is 38.5 Å². The van der Waals surface area contributed by atoms with Gasteiger partial charge in [-0.3, -0.25) is 9.69 Å². The molecule has 10 nitrogen and oxygen atoms in total. The van der Waals surface area contributed by atoms with Gasteiger partial charge in [-0.25, -0.2) is 14.0 Å². The number of hydrogen-bond donors (Lipinski definition) is 2. The Morgan fingerprint density at radius 2 is 1.92 bits per heavy atom. The normalized spacial score (nSPS) is 18.5. The lowest BCUT2D eigenvalue weighted by Gasteiger charge is -2.39. The van der Waals surface area contributed by atoms with Gasteiger partial charge in [0.25, 0.3) is 0 Å². The zero-order valence-electron chi connectivity index (χ0n) is 20.6. The smallest absolute Gasteiger partial charge is 0.414 e. The van der Waals surface area contributed by atoms with Gasteiger partial charge in [0.05, 0.1) is 43.2 Å². The first-order chi connectivity index (χ1) is 17.7. The number of piperidine rings is 1. The number of nitrogens with zero attached hydrogens (tertiary/aromatic N) is 3. The van der Waals surface area contributed by atoms with Gasteiger partial charge in [-0.1, -0.05) is 0 Å². The highest BCUT2D eigenvalue weighted by Crippen LogP contribution is 2.33. The van der Waals surface area contributed by atoms with Crippen LogP contribution >= 0.6 is 0 Å². The Balaban J connectivity index is 1.39. The maximum atomic E-state index is 15.1. The Labute approximate surface area is 213 Å². The minimum absolute atomic E-state index is 0.190. The first-order valence-electron chi connectivity index (χ1n) is 11.9. The van der Waals surface area contributed by atoms with Crippen LogP contribution in [-0.2, 0) is 14.3 Å². The van der Waals surface area contributed by atoms with Gasteiger partial charge in [-0.2, -0.15) is 5.26 Å². The number of carbonyl (C=O) groups is 3. The zero-order valence-corrected chi connectivity index (χ0v) is 20.6. The number of cyclic esters (lactones) is 1. The van der Waals surface area contributed by atoms with Gasteiger partial charge in [-0.05, 0) is 42.5 Å². The molecule has 37 heavy (non-hydrogen) atoms. The van der Waals surface area contributed by atoms with E-state index in [2.05, 4.69) is 16.7 Å². The van der Waals surface area contributed by atoms with E-state index < -0.39 is 29.5 Å². The average molecular weight is 510 g/mol. The molecule has 2 N–H and O–H groups in total. The van der Waals surface area contributed by atoms with Crippen LogP contribution in [-0.4, -0.2) is 62.9 Å². The standard InChI is InChI=1S/C26H28FN5O5/c1-17(33)29-14-21-15-32(25(35)37-21)20-7-8-23(22(27)13-20)31-11-9-26(16-28,10-12-31)30-19-5-3-18(4-6-19)24(34)36-2/h3-8,13,21,30H,9-12,14-15H2,1-2H3,(H,29,33). The lowest BCUT2D eigenvalue weighted by molar-refractivity contribution is -0.119. The summed E-state index contributed by atoms with van der Waals surface area (Å²) >= 11 is 0. The maximum Gasteiger partial charge on any atom is 0.414 e. The van der Waals surface area contributed by atoms with E-state index in [1.165, 1.54) is 25.0 Å². The number of anilines is 3. The molecule has 2 aromatic carbocycles. The second kappa shape index (κ2) is 10.7. The Bertz CT molecular complexity index is 1220.